The number of fused-ring (bicyclic) bond motifs is 1. The highest BCUT2D eigenvalue weighted by molar-refractivity contribution is 6.00. The number of aliphatic hydroxyl groups is 1. The molecule has 13 nitrogen and oxygen atoms in total. The van der Waals surface area contributed by atoms with Crippen LogP contribution >= 0.6 is 0 Å². The molecule has 3 heterocycles. The second kappa shape index (κ2) is 17.6. The van der Waals surface area contributed by atoms with Gasteiger partial charge in [-0.2, -0.15) is 0 Å². The third-order valence-corrected chi connectivity index (χ3v) is 11.4. The summed E-state index contributed by atoms with van der Waals surface area (Å²) >= 11 is 0. The molecule has 52 heavy (non-hydrogen) atoms. The van der Waals surface area contributed by atoms with Crippen molar-refractivity contribution in [3.63, 3.8) is 0 Å². The largest absolute Gasteiger partial charge is 0.458 e. The van der Waals surface area contributed by atoms with Gasteiger partial charge in [-0.1, -0.05) is 39.0 Å². The third kappa shape index (κ3) is 9.31. The number of ketones is 1. The minimum Gasteiger partial charge on any atom is -0.458 e. The molecule has 4 N–H and O–H groups in total. The van der Waals surface area contributed by atoms with Gasteiger partial charge in [0.1, 0.15) is 23.9 Å². The molecule has 14 heteroatoms. The number of carbonyl (C=O) groups is 3. The number of hydrogen-bond donors (Lipinski definition) is 4. The third-order valence-electron chi connectivity index (χ3n) is 11.4. The molecular weight excluding hydrogens is 675 g/mol. The van der Waals surface area contributed by atoms with Gasteiger partial charge in [0, 0.05) is 43.8 Å². The molecule has 294 valence electrons. The molecule has 3 aliphatic rings. The maximum absolute atomic E-state index is 14.3. The second-order valence-corrected chi connectivity index (χ2v) is 15.6. The van der Waals surface area contributed by atoms with Gasteiger partial charge in [0.2, 0.25) is 0 Å². The molecule has 0 saturated carbocycles. The lowest BCUT2D eigenvalue weighted by Gasteiger charge is -2.47. The first-order chi connectivity index (χ1) is 24.4. The fourth-order valence-electron chi connectivity index (χ4n) is 8.16. The van der Waals surface area contributed by atoms with E-state index in [1.807, 2.05) is 39.8 Å². The van der Waals surface area contributed by atoms with Crippen molar-refractivity contribution < 1.29 is 47.6 Å². The summed E-state index contributed by atoms with van der Waals surface area (Å²) in [4.78, 5) is 42.4. The van der Waals surface area contributed by atoms with Crippen LogP contribution in [-0.4, -0.2) is 122 Å². The number of nitrogens with zero attached hydrogens (tertiary/aromatic N) is 1. The normalized spacial score (nSPS) is 39.6. The van der Waals surface area contributed by atoms with Crippen molar-refractivity contribution in [1.29, 1.82) is 0 Å². The molecule has 3 aliphatic heterocycles. The number of cyclic esters (lactones) is 1. The first-order valence-electron chi connectivity index (χ1n) is 18.6. The molecule has 0 radical (unpaired) electrons. The minimum absolute atomic E-state index is 0.0189. The minimum atomic E-state index is -1.19. The van der Waals surface area contributed by atoms with Gasteiger partial charge in [-0.3, -0.25) is 9.59 Å². The Bertz CT molecular complexity index is 1390. The molecule has 1 amide bonds. The smallest absolute Gasteiger partial charge is 0.408 e. The van der Waals surface area contributed by atoms with Crippen molar-refractivity contribution in [1.82, 2.24) is 20.9 Å². The van der Waals surface area contributed by atoms with Crippen LogP contribution in [0, 0.1) is 23.6 Å². The highest BCUT2D eigenvalue weighted by atomic mass is 19.1. The lowest BCUT2D eigenvalue weighted by atomic mass is 9.78. The Morgan fingerprint density at radius 3 is 2.44 bits per heavy atom. The summed E-state index contributed by atoms with van der Waals surface area (Å²) in [7, 11) is 5.29. The monoisotopic (exact) mass is 736 g/mol. The van der Waals surface area contributed by atoms with Crippen molar-refractivity contribution in [2.75, 3.05) is 34.3 Å². The molecule has 0 aromatic heterocycles. The molecule has 0 bridgehead atoms. The average molecular weight is 737 g/mol. The van der Waals surface area contributed by atoms with Crippen LogP contribution < -0.4 is 16.0 Å². The van der Waals surface area contributed by atoms with Crippen molar-refractivity contribution in [3.8, 4) is 0 Å². The van der Waals surface area contributed by atoms with E-state index in [1.54, 1.807) is 39.2 Å². The van der Waals surface area contributed by atoms with Gasteiger partial charge < -0.3 is 49.6 Å². The van der Waals surface area contributed by atoms with Gasteiger partial charge in [0.15, 0.2) is 17.7 Å². The van der Waals surface area contributed by atoms with Gasteiger partial charge >= 0.3 is 12.1 Å². The van der Waals surface area contributed by atoms with Crippen molar-refractivity contribution >= 4 is 17.8 Å². The Labute approximate surface area is 308 Å². The number of carbonyl (C=O) groups excluding carboxylic acids is 3. The number of likely N-dealkylation sites (N-methyl/N-ethyl adjacent to an activating group) is 1. The summed E-state index contributed by atoms with van der Waals surface area (Å²) in [6, 6.07) is 5.41. The SMILES string of the molecule is CC[C@@H]1OC(=O)C(C)C(=O)[C@H](C)[C@@H](O[C@@H]2O[C@H](CNCc3ccccc3F)CC(N(C)C)C2O)[C@](C)(OC)C[C@@H](C)CN[C@H](C)[C@H]2NC(=O)O[C@]12C. The molecule has 3 saturated heterocycles. The molecule has 13 atom stereocenters. The summed E-state index contributed by atoms with van der Waals surface area (Å²) in [5.41, 5.74) is -1.74. The molecule has 1 aromatic carbocycles. The first kappa shape index (κ1) is 42.0. The summed E-state index contributed by atoms with van der Waals surface area (Å²) in [6.07, 6.45) is -3.77. The van der Waals surface area contributed by atoms with E-state index in [9.17, 15) is 23.9 Å². The number of alkyl carbamates (subject to hydrolysis) is 1. The second-order valence-electron chi connectivity index (χ2n) is 15.6. The number of nitrogens with one attached hydrogen (secondary N) is 3. The number of ether oxygens (including phenoxy) is 5. The van der Waals surface area contributed by atoms with Crippen LogP contribution in [0.2, 0.25) is 0 Å². The number of methoxy groups -OCH3 is 1. The fourth-order valence-corrected chi connectivity index (χ4v) is 8.16. The predicted molar refractivity (Wildman–Crippen MR) is 192 cm³/mol. The predicted octanol–water partition coefficient (Wildman–Crippen LogP) is 3.16. The quantitative estimate of drug-likeness (QED) is 0.217. The summed E-state index contributed by atoms with van der Waals surface area (Å²) in [5.74, 6) is -3.58. The van der Waals surface area contributed by atoms with Crippen molar-refractivity contribution in [2.24, 2.45) is 17.8 Å². The van der Waals surface area contributed by atoms with Crippen LogP contribution in [0.5, 0.6) is 0 Å². The summed E-state index contributed by atoms with van der Waals surface area (Å²) in [6.45, 7) is 13.8. The van der Waals surface area contributed by atoms with E-state index in [4.69, 9.17) is 23.7 Å². The Kier molecular flexibility index (Phi) is 14.2. The number of halogens is 1. The standard InChI is InChI=1S/C38H61FN4O9/c1-11-29-38(7)32(42-36(47)52-38)24(5)41-18-21(2)17-37(6,48-10)33(22(3)30(44)23(4)34(46)50-29)51-35-31(45)28(43(8)9)16-26(49-35)20-40-19-25-14-12-13-15-27(25)39/h12-15,21-24,26,28-29,31-33,35,40-41,45H,11,16-20H2,1-10H3,(H,42,47)/t21-,22+,23?,24-,26+,28?,29+,31?,32-,33-,35+,37-,38-/m1/s1. The van der Waals surface area contributed by atoms with E-state index in [1.165, 1.54) is 13.0 Å². The molecular formula is C38H61FN4O9. The molecule has 0 spiro atoms. The summed E-state index contributed by atoms with van der Waals surface area (Å²) in [5, 5.41) is 21.3. The zero-order valence-corrected chi connectivity index (χ0v) is 32.4. The topological polar surface area (TPSA) is 157 Å². The van der Waals surface area contributed by atoms with Crippen LogP contribution in [0.1, 0.15) is 73.3 Å². The van der Waals surface area contributed by atoms with Crippen LogP contribution in [0.3, 0.4) is 0 Å². The number of aliphatic hydroxyl groups excluding tert-OH is 1. The zero-order valence-electron chi connectivity index (χ0n) is 32.4. The number of Topliss-reactive ketones (excluding diaryl/α,β-unsaturated/α-hetero) is 1. The highest BCUT2D eigenvalue weighted by Crippen LogP contribution is 2.37. The Balaban J connectivity index is 1.64. The Morgan fingerprint density at radius 2 is 1.81 bits per heavy atom. The van der Waals surface area contributed by atoms with E-state index in [-0.39, 0.29) is 23.8 Å². The number of rotatable bonds is 9. The first-order valence-corrected chi connectivity index (χ1v) is 18.6. The zero-order chi connectivity index (χ0) is 38.5. The molecule has 0 aliphatic carbocycles. The number of benzene rings is 1. The van der Waals surface area contributed by atoms with Crippen molar-refractivity contribution in [3.05, 3.63) is 35.6 Å². The maximum Gasteiger partial charge on any atom is 0.408 e. The fraction of sp³-hybridized carbons (Fsp3) is 0.763. The van der Waals surface area contributed by atoms with Crippen molar-refractivity contribution in [2.45, 2.75) is 134 Å². The molecule has 1 aromatic rings. The van der Waals surface area contributed by atoms with E-state index in [0.717, 1.165) is 0 Å². The Hall–Kier alpha value is -2.72. The van der Waals surface area contributed by atoms with E-state index in [0.29, 0.717) is 44.5 Å². The lowest BCUT2D eigenvalue weighted by Crippen LogP contribution is -2.60. The summed E-state index contributed by atoms with van der Waals surface area (Å²) < 4.78 is 45.4. The van der Waals surface area contributed by atoms with Crippen LogP contribution in [0.4, 0.5) is 9.18 Å². The Morgan fingerprint density at radius 1 is 1.12 bits per heavy atom. The number of amides is 1. The molecule has 3 fully saturated rings. The van der Waals surface area contributed by atoms with E-state index in [2.05, 4.69) is 22.9 Å². The van der Waals surface area contributed by atoms with Gasteiger partial charge in [0.25, 0.3) is 0 Å². The lowest BCUT2D eigenvalue weighted by molar-refractivity contribution is -0.297. The van der Waals surface area contributed by atoms with Crippen LogP contribution in [-0.2, 0) is 39.8 Å². The van der Waals surface area contributed by atoms with E-state index < -0.39 is 77.6 Å². The molecule has 3 unspecified atom stereocenters. The van der Waals surface area contributed by atoms with E-state index >= 15 is 0 Å². The van der Waals surface area contributed by atoms with Gasteiger partial charge in [-0.05, 0) is 79.6 Å². The van der Waals surface area contributed by atoms with Crippen LogP contribution in [0.15, 0.2) is 24.3 Å². The van der Waals surface area contributed by atoms with Gasteiger partial charge in [-0.25, -0.2) is 9.18 Å². The van der Waals surface area contributed by atoms with Crippen LogP contribution in [0.25, 0.3) is 0 Å². The highest BCUT2D eigenvalue weighted by Gasteiger charge is 2.55. The maximum atomic E-state index is 14.3. The average Bonchev–Trinajstić information content (AvgIpc) is 3.42. The van der Waals surface area contributed by atoms with Gasteiger partial charge in [0.05, 0.1) is 23.9 Å². The number of hydrogen-bond acceptors (Lipinski definition) is 12. The van der Waals surface area contributed by atoms with Gasteiger partial charge in [-0.15, -0.1) is 0 Å². The molecule has 4 rings (SSSR count). The number of esters is 1.